The molecule has 3 nitrogen and oxygen atoms in total. The number of hydrogen-bond acceptors (Lipinski definition) is 3. The van der Waals surface area contributed by atoms with E-state index in [4.69, 9.17) is 4.74 Å². The molecule has 1 saturated carbocycles. The number of likely N-dealkylation sites (tertiary alicyclic amines) is 1. The lowest BCUT2D eigenvalue weighted by molar-refractivity contribution is 0.0967. The van der Waals surface area contributed by atoms with Crippen LogP contribution in [0.3, 0.4) is 0 Å². The Bertz CT molecular complexity index is 437. The molecule has 1 aliphatic carbocycles. The van der Waals surface area contributed by atoms with E-state index in [9.17, 15) is 0 Å². The third kappa shape index (κ3) is 4.53. The zero-order chi connectivity index (χ0) is 14.5. The molecule has 1 aromatic carbocycles. The van der Waals surface area contributed by atoms with E-state index in [0.29, 0.717) is 0 Å². The van der Waals surface area contributed by atoms with E-state index in [1.807, 2.05) is 7.11 Å². The quantitative estimate of drug-likeness (QED) is 0.835. The Morgan fingerprint density at radius 1 is 1.10 bits per heavy atom. The molecular formula is C18H28N2O. The highest BCUT2D eigenvalue weighted by Gasteiger charge is 2.22. The van der Waals surface area contributed by atoms with Crippen LogP contribution in [0.25, 0.3) is 0 Å². The average Bonchev–Trinajstić information content (AvgIpc) is 3.33. The molecule has 0 bridgehead atoms. The number of piperidine rings is 1. The summed E-state index contributed by atoms with van der Waals surface area (Å²) in [7, 11) is 1.81. The van der Waals surface area contributed by atoms with E-state index in [2.05, 4.69) is 34.5 Å². The third-order valence-corrected chi connectivity index (χ3v) is 4.78. The van der Waals surface area contributed by atoms with Gasteiger partial charge in [-0.15, -0.1) is 0 Å². The predicted molar refractivity (Wildman–Crippen MR) is 86.2 cm³/mol. The monoisotopic (exact) mass is 288 g/mol. The molecular weight excluding hydrogens is 260 g/mol. The number of nitrogens with zero attached hydrogens (tertiary/aromatic N) is 1. The molecule has 0 spiro atoms. The highest BCUT2D eigenvalue weighted by Crippen LogP contribution is 2.22. The Labute approximate surface area is 128 Å². The minimum Gasteiger partial charge on any atom is -0.384 e. The van der Waals surface area contributed by atoms with Crippen LogP contribution in [-0.2, 0) is 17.8 Å². The molecule has 3 heteroatoms. The second-order valence-corrected chi connectivity index (χ2v) is 6.60. The first kappa shape index (κ1) is 15.0. The average molecular weight is 288 g/mol. The summed E-state index contributed by atoms with van der Waals surface area (Å²) in [6.07, 6.45) is 5.26. The summed E-state index contributed by atoms with van der Waals surface area (Å²) in [6, 6.07) is 9.70. The van der Waals surface area contributed by atoms with Gasteiger partial charge in [-0.3, -0.25) is 4.90 Å². The van der Waals surface area contributed by atoms with E-state index in [1.165, 1.54) is 49.9 Å². The van der Waals surface area contributed by atoms with Gasteiger partial charge in [-0.25, -0.2) is 0 Å². The van der Waals surface area contributed by atoms with Crippen molar-refractivity contribution in [3.05, 3.63) is 35.4 Å². The number of benzene rings is 1. The number of methoxy groups -OCH3 is 1. The van der Waals surface area contributed by atoms with E-state index in [1.54, 1.807) is 0 Å². The lowest BCUT2D eigenvalue weighted by Gasteiger charge is -2.32. The second-order valence-electron chi connectivity index (χ2n) is 6.60. The zero-order valence-corrected chi connectivity index (χ0v) is 13.2. The lowest BCUT2D eigenvalue weighted by Crippen LogP contribution is -2.35. The summed E-state index contributed by atoms with van der Waals surface area (Å²) in [5, 5.41) is 3.64. The molecule has 2 fully saturated rings. The van der Waals surface area contributed by atoms with Gasteiger partial charge in [0.05, 0.1) is 0 Å². The van der Waals surface area contributed by atoms with Crippen molar-refractivity contribution in [2.75, 3.05) is 26.8 Å². The van der Waals surface area contributed by atoms with Gasteiger partial charge in [0, 0.05) is 32.8 Å². The highest BCUT2D eigenvalue weighted by atomic mass is 16.5. The summed E-state index contributed by atoms with van der Waals surface area (Å²) in [5.74, 6) is 0.762. The molecule has 3 rings (SSSR count). The van der Waals surface area contributed by atoms with Crippen LogP contribution in [0.15, 0.2) is 24.3 Å². The van der Waals surface area contributed by atoms with Crippen LogP contribution in [-0.4, -0.2) is 37.7 Å². The van der Waals surface area contributed by atoms with Gasteiger partial charge in [0.15, 0.2) is 0 Å². The second kappa shape index (κ2) is 7.39. The normalized spacial score (nSPS) is 20.8. The Hall–Kier alpha value is -0.900. The Kier molecular flexibility index (Phi) is 5.28. The van der Waals surface area contributed by atoms with E-state index in [0.717, 1.165) is 31.7 Å². The summed E-state index contributed by atoms with van der Waals surface area (Å²) in [5.41, 5.74) is 2.97. The van der Waals surface area contributed by atoms with Gasteiger partial charge in [0.25, 0.3) is 0 Å². The maximum absolute atomic E-state index is 5.29. The molecule has 1 aromatic rings. The fourth-order valence-corrected chi connectivity index (χ4v) is 3.21. The summed E-state index contributed by atoms with van der Waals surface area (Å²) < 4.78 is 5.29. The van der Waals surface area contributed by atoms with Gasteiger partial charge in [-0.2, -0.15) is 0 Å². The van der Waals surface area contributed by atoms with Gasteiger partial charge in [0.1, 0.15) is 0 Å². The van der Waals surface area contributed by atoms with Crippen LogP contribution in [0.5, 0.6) is 0 Å². The molecule has 1 aliphatic heterocycles. The SMILES string of the molecule is COCC1CCN(Cc2ccccc2CNC2CC2)CC1. The summed E-state index contributed by atoms with van der Waals surface area (Å²) >= 11 is 0. The molecule has 1 heterocycles. The summed E-state index contributed by atoms with van der Waals surface area (Å²) in [6.45, 7) is 5.47. The molecule has 1 saturated heterocycles. The minimum absolute atomic E-state index is 0.762. The van der Waals surface area contributed by atoms with Crippen LogP contribution in [0.4, 0.5) is 0 Å². The van der Waals surface area contributed by atoms with Crippen molar-refractivity contribution in [1.29, 1.82) is 0 Å². The van der Waals surface area contributed by atoms with Crippen LogP contribution in [0.2, 0.25) is 0 Å². The highest BCUT2D eigenvalue weighted by molar-refractivity contribution is 5.27. The van der Waals surface area contributed by atoms with Crippen molar-refractivity contribution in [1.82, 2.24) is 10.2 Å². The van der Waals surface area contributed by atoms with Gasteiger partial charge >= 0.3 is 0 Å². The fraction of sp³-hybridized carbons (Fsp3) is 0.667. The maximum Gasteiger partial charge on any atom is 0.0491 e. The maximum atomic E-state index is 5.29. The molecule has 0 unspecified atom stereocenters. The molecule has 2 aliphatic rings. The van der Waals surface area contributed by atoms with Gasteiger partial charge < -0.3 is 10.1 Å². The largest absolute Gasteiger partial charge is 0.384 e. The van der Waals surface area contributed by atoms with Gasteiger partial charge in [-0.1, -0.05) is 24.3 Å². The smallest absolute Gasteiger partial charge is 0.0491 e. The molecule has 0 amide bonds. The van der Waals surface area contributed by atoms with Gasteiger partial charge in [-0.05, 0) is 55.8 Å². The van der Waals surface area contributed by atoms with Crippen LogP contribution in [0, 0.1) is 5.92 Å². The van der Waals surface area contributed by atoms with Crippen molar-refractivity contribution >= 4 is 0 Å². The first-order valence-corrected chi connectivity index (χ1v) is 8.36. The third-order valence-electron chi connectivity index (χ3n) is 4.78. The molecule has 116 valence electrons. The summed E-state index contributed by atoms with van der Waals surface area (Å²) in [4.78, 5) is 2.60. The number of nitrogens with one attached hydrogen (secondary N) is 1. The van der Waals surface area contributed by atoms with Crippen molar-refractivity contribution in [2.24, 2.45) is 5.92 Å². The van der Waals surface area contributed by atoms with Gasteiger partial charge in [0.2, 0.25) is 0 Å². The molecule has 0 atom stereocenters. The van der Waals surface area contributed by atoms with Crippen molar-refractivity contribution in [2.45, 2.75) is 44.8 Å². The Balaban J connectivity index is 1.52. The Morgan fingerprint density at radius 2 is 1.81 bits per heavy atom. The zero-order valence-electron chi connectivity index (χ0n) is 13.2. The topological polar surface area (TPSA) is 24.5 Å². The number of rotatable bonds is 7. The number of ether oxygens (including phenoxy) is 1. The van der Waals surface area contributed by atoms with Crippen LogP contribution < -0.4 is 5.32 Å². The molecule has 1 N–H and O–H groups in total. The predicted octanol–water partition coefficient (Wildman–Crippen LogP) is 2.80. The first-order valence-electron chi connectivity index (χ1n) is 8.36. The molecule has 21 heavy (non-hydrogen) atoms. The van der Waals surface area contributed by atoms with E-state index in [-0.39, 0.29) is 0 Å². The van der Waals surface area contributed by atoms with E-state index >= 15 is 0 Å². The Morgan fingerprint density at radius 3 is 2.48 bits per heavy atom. The first-order chi connectivity index (χ1) is 10.3. The van der Waals surface area contributed by atoms with E-state index < -0.39 is 0 Å². The minimum atomic E-state index is 0.762. The van der Waals surface area contributed by atoms with Crippen LogP contribution >= 0.6 is 0 Å². The van der Waals surface area contributed by atoms with Crippen molar-refractivity contribution < 1.29 is 4.74 Å². The van der Waals surface area contributed by atoms with Crippen LogP contribution in [0.1, 0.15) is 36.8 Å². The lowest BCUT2D eigenvalue weighted by atomic mass is 9.97. The fourth-order valence-electron chi connectivity index (χ4n) is 3.21. The van der Waals surface area contributed by atoms with Crippen molar-refractivity contribution in [3.8, 4) is 0 Å². The van der Waals surface area contributed by atoms with Crippen molar-refractivity contribution in [3.63, 3.8) is 0 Å². The molecule has 0 radical (unpaired) electrons. The number of hydrogen-bond donors (Lipinski definition) is 1. The standard InChI is InChI=1S/C18H28N2O/c1-21-14-15-8-10-20(11-9-15)13-17-5-3-2-4-16(17)12-19-18-6-7-18/h2-5,15,18-19H,6-14H2,1H3. The molecule has 0 aromatic heterocycles.